The number of aromatic nitrogens is 2. The highest BCUT2D eigenvalue weighted by molar-refractivity contribution is 7.53. The van der Waals surface area contributed by atoms with Gasteiger partial charge in [-0.05, 0) is 38.5 Å². The summed E-state index contributed by atoms with van der Waals surface area (Å²) in [6, 6.07) is -0.798. The predicted molar refractivity (Wildman–Crippen MR) is 156 cm³/mol. The Morgan fingerprint density at radius 1 is 1.05 bits per heavy atom. The summed E-state index contributed by atoms with van der Waals surface area (Å²) >= 11 is 0. The summed E-state index contributed by atoms with van der Waals surface area (Å²) in [6.45, 7) is 0.196. The van der Waals surface area contributed by atoms with E-state index in [0.717, 1.165) is 24.5 Å². The average molecular weight is 650 g/mol. The van der Waals surface area contributed by atoms with Gasteiger partial charge in [-0.2, -0.15) is 0 Å². The van der Waals surface area contributed by atoms with Crippen molar-refractivity contribution in [1.82, 2.24) is 25.5 Å². The van der Waals surface area contributed by atoms with Crippen molar-refractivity contribution in [1.29, 1.82) is 0 Å². The lowest BCUT2D eigenvalue weighted by Crippen LogP contribution is -2.47. The van der Waals surface area contributed by atoms with E-state index >= 15 is 0 Å². The van der Waals surface area contributed by atoms with Crippen molar-refractivity contribution >= 4 is 25.7 Å². The fraction of sp³-hybridized carbons (Fsp3) is 0.731. The lowest BCUT2D eigenvalue weighted by atomic mass is 10.1. The second-order valence-corrected chi connectivity index (χ2v) is 12.4. The van der Waals surface area contributed by atoms with Crippen LogP contribution in [0.15, 0.2) is 15.8 Å². The number of methoxy groups -OCH3 is 2. The number of carbonyl (C=O) groups is 3. The molecule has 2 unspecified atom stereocenters. The van der Waals surface area contributed by atoms with Crippen molar-refractivity contribution in [2.75, 3.05) is 41.0 Å². The number of aliphatic hydroxyl groups excluding tert-OH is 1. The topological polar surface area (TPSA) is 237 Å². The summed E-state index contributed by atoms with van der Waals surface area (Å²) < 4.78 is 32.9. The molecule has 44 heavy (non-hydrogen) atoms. The molecule has 1 saturated heterocycles. The maximum atomic E-state index is 12.6. The van der Waals surface area contributed by atoms with E-state index in [1.165, 1.54) is 20.4 Å². The van der Waals surface area contributed by atoms with Gasteiger partial charge in [0, 0.05) is 38.4 Å². The van der Waals surface area contributed by atoms with Crippen molar-refractivity contribution in [2.45, 2.75) is 81.8 Å². The van der Waals surface area contributed by atoms with Crippen LogP contribution in [0.5, 0.6) is 0 Å². The molecule has 0 radical (unpaired) electrons. The minimum absolute atomic E-state index is 0.0629. The number of amides is 3. The SMILES string of the molecule is COC(=O)NCCCCC(NC(=O)OC)C(=O)NCCCCCCc1cn([C@@H]2C[C@H](P(=O)(O)OC)[C@H](CO)O2)c(=O)[nH]c1=O. The number of ether oxygens (including phenoxy) is 3. The zero-order valence-electron chi connectivity index (χ0n) is 25.2. The van der Waals surface area contributed by atoms with Crippen LogP contribution in [0.3, 0.4) is 0 Å². The van der Waals surface area contributed by atoms with Gasteiger partial charge in [-0.25, -0.2) is 14.4 Å². The number of unbranched alkanes of at least 4 members (excludes halogenated alkanes) is 4. The van der Waals surface area contributed by atoms with E-state index in [4.69, 9.17) is 9.26 Å². The second-order valence-electron chi connectivity index (χ2n) is 10.2. The third kappa shape index (κ3) is 11.4. The molecular formula is C26H44N5O12P. The van der Waals surface area contributed by atoms with Gasteiger partial charge in [-0.1, -0.05) is 12.8 Å². The summed E-state index contributed by atoms with van der Waals surface area (Å²) in [5, 5.41) is 17.5. The largest absolute Gasteiger partial charge is 0.453 e. The van der Waals surface area contributed by atoms with E-state index in [1.54, 1.807) is 0 Å². The Morgan fingerprint density at radius 2 is 1.70 bits per heavy atom. The normalized spacial score (nSPS) is 19.9. The standard InChI is InChI=1S/C26H44N5O12P/c1-40-25(36)28-13-9-7-11-18(29-26(37)41-2)23(34)27-12-8-5-4-6-10-17-15-31(24(35)30-22(17)33)21-14-20(19(16-32)43-21)44(38,39)42-3/h15,18-21,32H,4-14,16H2,1-3H3,(H,27,34)(H,28,36)(H,29,37)(H,38,39)(H,30,33,35)/t18?,19-,20-,21-/m0/s1. The maximum absolute atomic E-state index is 12.6. The Labute approximate surface area is 254 Å². The molecule has 1 aromatic rings. The van der Waals surface area contributed by atoms with Crippen molar-refractivity contribution < 1.29 is 47.7 Å². The first-order chi connectivity index (χ1) is 21.0. The van der Waals surface area contributed by atoms with Gasteiger partial charge in [-0.3, -0.25) is 23.7 Å². The molecule has 1 fully saturated rings. The number of rotatable bonds is 18. The zero-order chi connectivity index (χ0) is 32.7. The van der Waals surface area contributed by atoms with Gasteiger partial charge >= 0.3 is 25.5 Å². The second kappa shape index (κ2) is 18.5. The Balaban J connectivity index is 1.81. The first-order valence-corrected chi connectivity index (χ1v) is 16.0. The number of H-pyrrole nitrogens is 1. The van der Waals surface area contributed by atoms with Gasteiger partial charge in [0.05, 0.1) is 32.6 Å². The van der Waals surface area contributed by atoms with Crippen LogP contribution in [-0.2, 0) is 34.5 Å². The van der Waals surface area contributed by atoms with E-state index in [-0.39, 0.29) is 12.3 Å². The number of aryl methyl sites for hydroxylation is 1. The average Bonchev–Trinajstić information content (AvgIpc) is 3.45. The number of nitrogens with zero attached hydrogens (tertiary/aromatic N) is 1. The molecular weight excluding hydrogens is 605 g/mol. The zero-order valence-corrected chi connectivity index (χ0v) is 26.1. The van der Waals surface area contributed by atoms with Gasteiger partial charge < -0.3 is 44.7 Å². The Bertz CT molecular complexity index is 1250. The highest BCUT2D eigenvalue weighted by atomic mass is 31.2. The minimum atomic E-state index is -4.09. The van der Waals surface area contributed by atoms with Crippen molar-refractivity contribution in [3.05, 3.63) is 32.6 Å². The molecule has 17 nitrogen and oxygen atoms in total. The number of alkyl carbamates (subject to hydrolysis) is 2. The highest BCUT2D eigenvalue weighted by Crippen LogP contribution is 2.54. The summed E-state index contributed by atoms with van der Waals surface area (Å²) in [6.07, 6.45) is 2.63. The first kappa shape index (κ1) is 36.9. The fourth-order valence-corrected chi connectivity index (χ4v) is 6.09. The van der Waals surface area contributed by atoms with E-state index in [2.05, 4.69) is 30.4 Å². The van der Waals surface area contributed by atoms with Crippen molar-refractivity contribution in [3.8, 4) is 0 Å². The van der Waals surface area contributed by atoms with Gasteiger partial charge in [0.25, 0.3) is 5.56 Å². The molecule has 0 spiro atoms. The van der Waals surface area contributed by atoms with Crippen LogP contribution in [0.25, 0.3) is 0 Å². The minimum Gasteiger partial charge on any atom is -0.453 e. The number of aliphatic hydroxyl groups is 1. The summed E-state index contributed by atoms with van der Waals surface area (Å²) in [4.78, 5) is 72.6. The monoisotopic (exact) mass is 649 g/mol. The van der Waals surface area contributed by atoms with Crippen LogP contribution in [0.2, 0.25) is 0 Å². The number of hydrogen-bond acceptors (Lipinski definition) is 11. The van der Waals surface area contributed by atoms with E-state index in [0.29, 0.717) is 57.2 Å². The van der Waals surface area contributed by atoms with Crippen molar-refractivity contribution in [2.24, 2.45) is 0 Å². The van der Waals surface area contributed by atoms with E-state index in [9.17, 15) is 38.5 Å². The summed E-state index contributed by atoms with van der Waals surface area (Å²) in [5.41, 5.74) is -1.98. The molecule has 0 aromatic carbocycles. The van der Waals surface area contributed by atoms with Gasteiger partial charge in [0.15, 0.2) is 0 Å². The molecule has 1 aliphatic heterocycles. The van der Waals surface area contributed by atoms with Crippen molar-refractivity contribution in [3.63, 3.8) is 0 Å². The Morgan fingerprint density at radius 3 is 2.36 bits per heavy atom. The smallest absolute Gasteiger partial charge is 0.407 e. The van der Waals surface area contributed by atoms with Crippen LogP contribution in [0.1, 0.15) is 63.2 Å². The Hall–Kier alpha value is -3.24. The molecule has 250 valence electrons. The van der Waals surface area contributed by atoms with Crippen LogP contribution in [0.4, 0.5) is 9.59 Å². The van der Waals surface area contributed by atoms with Gasteiger partial charge in [0.1, 0.15) is 12.3 Å². The molecule has 2 rings (SSSR count). The number of carbonyl (C=O) groups excluding carboxylic acids is 3. The fourth-order valence-electron chi connectivity index (χ4n) is 4.78. The molecule has 0 saturated carbocycles. The molecule has 0 aliphatic carbocycles. The third-order valence-electron chi connectivity index (χ3n) is 7.26. The lowest BCUT2D eigenvalue weighted by Gasteiger charge is -2.19. The molecule has 0 bridgehead atoms. The molecule has 18 heteroatoms. The maximum Gasteiger partial charge on any atom is 0.407 e. The molecule has 1 aromatic heterocycles. The number of aromatic amines is 1. The van der Waals surface area contributed by atoms with Gasteiger partial charge in [0.2, 0.25) is 5.91 Å². The number of hydrogen-bond donors (Lipinski definition) is 6. The highest BCUT2D eigenvalue weighted by Gasteiger charge is 2.47. The lowest BCUT2D eigenvalue weighted by molar-refractivity contribution is -0.123. The predicted octanol–water partition coefficient (Wildman–Crippen LogP) is 0.487. The molecule has 2 heterocycles. The molecule has 6 N–H and O–H groups in total. The van der Waals surface area contributed by atoms with Crippen LogP contribution in [0, 0.1) is 0 Å². The van der Waals surface area contributed by atoms with Gasteiger partial charge in [-0.15, -0.1) is 0 Å². The summed E-state index contributed by atoms with van der Waals surface area (Å²) in [7, 11) is -0.541. The van der Waals surface area contributed by atoms with Crippen LogP contribution < -0.4 is 27.2 Å². The van der Waals surface area contributed by atoms with Crippen LogP contribution >= 0.6 is 7.60 Å². The molecule has 3 amide bonds. The number of nitrogens with one attached hydrogen (secondary N) is 4. The quantitative estimate of drug-likeness (QED) is 0.0941. The molecule has 1 aliphatic rings. The Kier molecular flexibility index (Phi) is 15.6. The first-order valence-electron chi connectivity index (χ1n) is 14.4. The van der Waals surface area contributed by atoms with E-state index in [1.807, 2.05) is 0 Å². The van der Waals surface area contributed by atoms with E-state index < -0.39 is 61.7 Å². The molecule has 5 atom stereocenters. The summed E-state index contributed by atoms with van der Waals surface area (Å²) in [5.74, 6) is -0.354. The van der Waals surface area contributed by atoms with Crippen LogP contribution in [-0.4, -0.2) is 96.5 Å². The third-order valence-corrected chi connectivity index (χ3v) is 9.16.